The number of rotatable bonds is 6. The van der Waals surface area contributed by atoms with Crippen molar-refractivity contribution in [3.63, 3.8) is 0 Å². The molecular weight excluding hydrogens is 332 g/mol. The molecule has 0 amide bonds. The van der Waals surface area contributed by atoms with Gasteiger partial charge >= 0.3 is 0 Å². The Morgan fingerprint density at radius 2 is 1.57 bits per heavy atom. The molecule has 23 heavy (non-hydrogen) atoms. The number of hydrogen-bond acceptors (Lipinski definition) is 6. The van der Waals surface area contributed by atoms with Crippen LogP contribution in [-0.4, -0.2) is 30.1 Å². The summed E-state index contributed by atoms with van der Waals surface area (Å²) in [7, 11) is -3.29. The Morgan fingerprint density at radius 1 is 0.913 bits per heavy atom. The number of thioether (sulfide) groups is 1. The van der Waals surface area contributed by atoms with Crippen LogP contribution in [0, 0.1) is 0 Å². The minimum atomic E-state index is -3.29. The molecule has 0 aliphatic rings. The summed E-state index contributed by atoms with van der Waals surface area (Å²) in [5.41, 5.74) is 0.837. The molecule has 0 N–H and O–H groups in total. The van der Waals surface area contributed by atoms with Crippen molar-refractivity contribution < 1.29 is 12.8 Å². The molecule has 0 spiro atoms. The van der Waals surface area contributed by atoms with E-state index in [9.17, 15) is 8.42 Å². The number of nitrogens with zero attached hydrogens (tertiary/aromatic N) is 2. The topological polar surface area (TPSA) is 73.1 Å². The minimum absolute atomic E-state index is 0.0186. The molecule has 5 nitrogen and oxygen atoms in total. The van der Waals surface area contributed by atoms with E-state index >= 15 is 0 Å². The highest BCUT2D eigenvalue weighted by Crippen LogP contribution is 2.23. The van der Waals surface area contributed by atoms with E-state index in [1.807, 2.05) is 30.3 Å². The summed E-state index contributed by atoms with van der Waals surface area (Å²) in [6.45, 7) is 0. The van der Waals surface area contributed by atoms with Crippen LogP contribution in [0.4, 0.5) is 0 Å². The van der Waals surface area contributed by atoms with Crippen molar-refractivity contribution in [1.82, 2.24) is 10.2 Å². The summed E-state index contributed by atoms with van der Waals surface area (Å²) >= 11 is 1.24. The normalized spacial score (nSPS) is 11.5. The van der Waals surface area contributed by atoms with Crippen molar-refractivity contribution in [3.05, 3.63) is 60.7 Å². The fraction of sp³-hybridized carbons (Fsp3) is 0.125. The maximum absolute atomic E-state index is 12.2. The summed E-state index contributed by atoms with van der Waals surface area (Å²) in [5, 5.41) is 8.28. The van der Waals surface area contributed by atoms with Crippen LogP contribution in [0.15, 0.2) is 75.2 Å². The second-order valence-electron chi connectivity index (χ2n) is 4.72. The average molecular weight is 346 g/mol. The van der Waals surface area contributed by atoms with E-state index in [2.05, 4.69) is 10.2 Å². The van der Waals surface area contributed by atoms with E-state index in [1.165, 1.54) is 11.8 Å². The fourth-order valence-corrected chi connectivity index (χ4v) is 4.38. The molecule has 0 fully saturated rings. The van der Waals surface area contributed by atoms with Crippen LogP contribution in [-0.2, 0) is 9.84 Å². The van der Waals surface area contributed by atoms with Gasteiger partial charge in [-0.15, -0.1) is 10.2 Å². The molecular formula is C16H14N2O3S2. The molecule has 0 unspecified atom stereocenters. The van der Waals surface area contributed by atoms with Crippen molar-refractivity contribution >= 4 is 21.6 Å². The van der Waals surface area contributed by atoms with Crippen LogP contribution < -0.4 is 0 Å². The molecule has 2 aromatic carbocycles. The fourth-order valence-electron chi connectivity index (χ4n) is 1.95. The smallest absolute Gasteiger partial charge is 0.276 e. The molecule has 118 valence electrons. The van der Waals surface area contributed by atoms with Gasteiger partial charge in [0.05, 0.1) is 10.6 Å². The second-order valence-corrected chi connectivity index (χ2v) is 7.87. The van der Waals surface area contributed by atoms with Crippen LogP contribution in [0.3, 0.4) is 0 Å². The first-order valence-electron chi connectivity index (χ1n) is 6.95. The second kappa shape index (κ2) is 6.97. The van der Waals surface area contributed by atoms with Crippen LogP contribution in [0.2, 0.25) is 0 Å². The molecule has 0 aliphatic carbocycles. The van der Waals surface area contributed by atoms with Crippen molar-refractivity contribution in [3.8, 4) is 11.5 Å². The van der Waals surface area contributed by atoms with Crippen molar-refractivity contribution in [2.24, 2.45) is 0 Å². The Hall–Kier alpha value is -2.12. The third kappa shape index (κ3) is 4.00. The Morgan fingerprint density at radius 3 is 2.26 bits per heavy atom. The summed E-state index contributed by atoms with van der Waals surface area (Å²) in [4.78, 5) is 0.330. The van der Waals surface area contributed by atoms with E-state index in [4.69, 9.17) is 4.42 Å². The van der Waals surface area contributed by atoms with Gasteiger partial charge in [0.25, 0.3) is 5.22 Å². The zero-order valence-corrected chi connectivity index (χ0v) is 13.8. The van der Waals surface area contributed by atoms with Crippen molar-refractivity contribution in [1.29, 1.82) is 0 Å². The maximum atomic E-state index is 12.2. The summed E-state index contributed by atoms with van der Waals surface area (Å²) < 4.78 is 29.9. The molecule has 3 aromatic rings. The van der Waals surface area contributed by atoms with Gasteiger partial charge in [-0.3, -0.25) is 0 Å². The van der Waals surface area contributed by atoms with Gasteiger partial charge in [-0.05, 0) is 24.3 Å². The molecule has 0 bridgehead atoms. The van der Waals surface area contributed by atoms with E-state index in [-0.39, 0.29) is 5.75 Å². The molecule has 0 saturated carbocycles. The Labute approximate surface area is 138 Å². The zero-order chi connectivity index (χ0) is 16.1. The highest BCUT2D eigenvalue weighted by molar-refractivity contribution is 8.00. The summed E-state index contributed by atoms with van der Waals surface area (Å²) in [5.74, 6) is 0.803. The number of sulfone groups is 1. The molecule has 7 heteroatoms. The summed E-state index contributed by atoms with van der Waals surface area (Å²) in [6.07, 6.45) is 0. The lowest BCUT2D eigenvalue weighted by Gasteiger charge is -2.02. The highest BCUT2D eigenvalue weighted by atomic mass is 32.2. The lowest BCUT2D eigenvalue weighted by atomic mass is 10.2. The number of aromatic nitrogens is 2. The first-order chi connectivity index (χ1) is 11.1. The lowest BCUT2D eigenvalue weighted by Crippen LogP contribution is -2.08. The molecule has 0 aliphatic heterocycles. The summed E-state index contributed by atoms with van der Waals surface area (Å²) in [6, 6.07) is 17.8. The molecule has 0 atom stereocenters. The van der Waals surface area contributed by atoms with Gasteiger partial charge in [0.2, 0.25) is 5.89 Å². The number of benzene rings is 2. The third-order valence-electron chi connectivity index (χ3n) is 3.11. The predicted molar refractivity (Wildman–Crippen MR) is 89.0 cm³/mol. The van der Waals surface area contributed by atoms with E-state index in [0.717, 1.165) is 5.56 Å². The van der Waals surface area contributed by atoms with Gasteiger partial charge in [-0.2, -0.15) is 0 Å². The van der Waals surface area contributed by atoms with E-state index in [0.29, 0.717) is 21.8 Å². The monoisotopic (exact) mass is 346 g/mol. The van der Waals surface area contributed by atoms with Crippen LogP contribution >= 0.6 is 11.8 Å². The zero-order valence-electron chi connectivity index (χ0n) is 12.1. The Balaban J connectivity index is 1.61. The molecule has 0 radical (unpaired) electrons. The maximum Gasteiger partial charge on any atom is 0.276 e. The molecule has 1 heterocycles. The van der Waals surface area contributed by atoms with Gasteiger partial charge in [-0.25, -0.2) is 8.42 Å². The van der Waals surface area contributed by atoms with Gasteiger partial charge in [0.15, 0.2) is 9.84 Å². The van der Waals surface area contributed by atoms with Gasteiger partial charge < -0.3 is 4.42 Å². The van der Waals surface area contributed by atoms with Crippen molar-refractivity contribution in [2.45, 2.75) is 10.1 Å². The van der Waals surface area contributed by atoms with Crippen molar-refractivity contribution in [2.75, 3.05) is 11.5 Å². The minimum Gasteiger partial charge on any atom is -0.411 e. The quantitative estimate of drug-likeness (QED) is 0.638. The SMILES string of the molecule is O=S(=O)(CCSc1nnc(-c2ccccc2)o1)c1ccccc1. The first-order valence-corrected chi connectivity index (χ1v) is 9.58. The van der Waals surface area contributed by atoms with Gasteiger partial charge in [0, 0.05) is 11.3 Å². The third-order valence-corrected chi connectivity index (χ3v) is 5.92. The van der Waals surface area contributed by atoms with Crippen LogP contribution in [0.25, 0.3) is 11.5 Å². The molecule has 0 saturated heterocycles. The Kier molecular flexibility index (Phi) is 4.78. The van der Waals surface area contributed by atoms with Gasteiger partial charge in [-0.1, -0.05) is 48.2 Å². The molecule has 3 rings (SSSR count). The largest absolute Gasteiger partial charge is 0.411 e. The standard InChI is InChI=1S/C16H14N2O3S2/c19-23(20,14-9-5-2-6-10-14)12-11-22-16-18-17-15(21-16)13-7-3-1-4-8-13/h1-10H,11-12H2. The highest BCUT2D eigenvalue weighted by Gasteiger charge is 2.15. The Bertz CT molecular complexity index is 863. The average Bonchev–Trinajstić information content (AvgIpc) is 3.05. The van der Waals surface area contributed by atoms with Crippen LogP contribution in [0.5, 0.6) is 0 Å². The first kappa shape index (κ1) is 15.8. The van der Waals surface area contributed by atoms with E-state index in [1.54, 1.807) is 30.3 Å². The molecule has 1 aromatic heterocycles. The predicted octanol–water partition coefficient (Wildman–Crippen LogP) is 3.30. The van der Waals surface area contributed by atoms with Gasteiger partial charge in [0.1, 0.15) is 0 Å². The lowest BCUT2D eigenvalue weighted by molar-refractivity contribution is 0.466. The van der Waals surface area contributed by atoms with E-state index < -0.39 is 9.84 Å². The number of hydrogen-bond donors (Lipinski definition) is 0. The van der Waals surface area contributed by atoms with Crippen LogP contribution in [0.1, 0.15) is 0 Å².